The van der Waals surface area contributed by atoms with Crippen molar-refractivity contribution in [3.63, 3.8) is 0 Å². The Balaban J connectivity index is 1.38. The van der Waals surface area contributed by atoms with Gasteiger partial charge in [0, 0.05) is 24.4 Å². The zero-order valence-corrected chi connectivity index (χ0v) is 22.3. The number of amidine groups is 2. The molecule has 1 heterocycles. The number of nitrogens with zero attached hydrogens (tertiary/aromatic N) is 5. The fourth-order valence-electron chi connectivity index (χ4n) is 3.83. The monoisotopic (exact) mass is 576 g/mol. The number of rotatable bonds is 8. The van der Waals surface area contributed by atoms with Gasteiger partial charge in [-0.05, 0) is 48.9 Å². The zero-order chi connectivity index (χ0) is 28.9. The highest BCUT2D eigenvalue weighted by Gasteiger charge is 2.33. The van der Waals surface area contributed by atoms with Gasteiger partial charge in [-0.2, -0.15) is 5.10 Å². The highest BCUT2D eigenvalue weighted by atomic mass is 32.2. The van der Waals surface area contributed by atoms with Crippen molar-refractivity contribution >= 4 is 40.5 Å². The van der Waals surface area contributed by atoms with Gasteiger partial charge in [0.25, 0.3) is 0 Å². The first kappa shape index (κ1) is 28.9. The molecule has 0 saturated carbocycles. The number of para-hydroxylation sites is 1. The Morgan fingerprint density at radius 3 is 2.35 bits per heavy atom. The second-order valence-electron chi connectivity index (χ2n) is 8.80. The van der Waals surface area contributed by atoms with Crippen LogP contribution in [0.1, 0.15) is 18.1 Å². The van der Waals surface area contributed by atoms with Gasteiger partial charge < -0.3 is 15.4 Å². The Hall–Kier alpha value is -4.13. The van der Waals surface area contributed by atoms with E-state index in [0.29, 0.717) is 28.7 Å². The number of halogens is 5. The van der Waals surface area contributed by atoms with Gasteiger partial charge in [-0.3, -0.25) is 5.01 Å². The van der Waals surface area contributed by atoms with Crippen LogP contribution in [0.4, 0.5) is 33.3 Å². The van der Waals surface area contributed by atoms with Gasteiger partial charge in [0.15, 0.2) is 5.17 Å². The fraction of sp³-hybridized carbons (Fsp3) is 0.222. The first-order valence-electron chi connectivity index (χ1n) is 12.0. The number of hydrogen-bond donors (Lipinski definition) is 1. The second-order valence-corrected chi connectivity index (χ2v) is 9.78. The van der Waals surface area contributed by atoms with Gasteiger partial charge in [0.1, 0.15) is 35.2 Å². The molecule has 1 fully saturated rings. The molecule has 1 unspecified atom stereocenters. The standard InChI is InChI=1S/C27H25F5N6OS/c1-17-15-40-26(38(17)24-22(28)4-3-5-23(24)29)36-37(2)14-18-6-8-19(9-7-18)25(33)35-16-34-20-10-12-21(13-11-20)39-27(30,31)32/h3-13,16-17H,14-15H2,1-2H3,(H2,33,34,35)/b36-26-. The Kier molecular flexibility index (Phi) is 8.93. The quantitative estimate of drug-likeness (QED) is 0.148. The van der Waals surface area contributed by atoms with Gasteiger partial charge in [-0.25, -0.2) is 18.8 Å². The Morgan fingerprint density at radius 2 is 1.73 bits per heavy atom. The lowest BCUT2D eigenvalue weighted by Crippen LogP contribution is -2.34. The molecule has 0 spiro atoms. The zero-order valence-electron chi connectivity index (χ0n) is 21.4. The third-order valence-corrected chi connectivity index (χ3v) is 6.86. The predicted octanol–water partition coefficient (Wildman–Crippen LogP) is 6.27. The number of anilines is 1. The van der Waals surface area contributed by atoms with Crippen molar-refractivity contribution in [2.75, 3.05) is 17.7 Å². The summed E-state index contributed by atoms with van der Waals surface area (Å²) in [7, 11) is 1.77. The number of nitrogens with two attached hydrogens (primary N) is 1. The Morgan fingerprint density at radius 1 is 1.07 bits per heavy atom. The van der Waals surface area contributed by atoms with Crippen molar-refractivity contribution in [1.29, 1.82) is 0 Å². The lowest BCUT2D eigenvalue weighted by molar-refractivity contribution is -0.274. The summed E-state index contributed by atoms with van der Waals surface area (Å²) in [6, 6.07) is 15.9. The maximum absolute atomic E-state index is 14.4. The second kappa shape index (κ2) is 12.4. The number of alkyl halides is 3. The van der Waals surface area contributed by atoms with E-state index in [1.807, 2.05) is 19.1 Å². The molecule has 3 aromatic carbocycles. The lowest BCUT2D eigenvalue weighted by Gasteiger charge is -2.25. The van der Waals surface area contributed by atoms with Gasteiger partial charge in [0.2, 0.25) is 0 Å². The smallest absolute Gasteiger partial charge is 0.406 e. The fourth-order valence-corrected chi connectivity index (χ4v) is 4.98. The number of hydrogen-bond acceptors (Lipinski definition) is 5. The lowest BCUT2D eigenvalue weighted by atomic mass is 10.1. The first-order valence-corrected chi connectivity index (χ1v) is 13.0. The van der Waals surface area contributed by atoms with Crippen molar-refractivity contribution in [3.05, 3.63) is 89.5 Å². The molecule has 210 valence electrons. The minimum absolute atomic E-state index is 0.109. The van der Waals surface area contributed by atoms with Crippen molar-refractivity contribution in [2.24, 2.45) is 20.8 Å². The van der Waals surface area contributed by atoms with Gasteiger partial charge in [-0.1, -0.05) is 42.1 Å². The summed E-state index contributed by atoms with van der Waals surface area (Å²) < 4.78 is 69.5. The SMILES string of the molecule is CC1CS/C(=N\N(C)Cc2ccc(C(N)=NC=Nc3ccc(OC(F)(F)F)cc3)cc2)N1c1c(F)cccc1F. The number of thioether (sulfide) groups is 1. The summed E-state index contributed by atoms with van der Waals surface area (Å²) in [6.07, 6.45) is -3.56. The average Bonchev–Trinajstić information content (AvgIpc) is 3.23. The van der Waals surface area contributed by atoms with Crippen LogP contribution in [0, 0.1) is 11.6 Å². The Bertz CT molecular complexity index is 1390. The van der Waals surface area contributed by atoms with Crippen LogP contribution < -0.4 is 15.4 Å². The van der Waals surface area contributed by atoms with E-state index in [4.69, 9.17) is 5.73 Å². The molecular weight excluding hydrogens is 551 g/mol. The topological polar surface area (TPSA) is 78.8 Å². The maximum Gasteiger partial charge on any atom is 0.573 e. The Labute approximate surface area is 231 Å². The van der Waals surface area contributed by atoms with Crippen LogP contribution in [0.25, 0.3) is 0 Å². The summed E-state index contributed by atoms with van der Waals surface area (Å²) in [4.78, 5) is 9.72. The summed E-state index contributed by atoms with van der Waals surface area (Å²) in [6.45, 7) is 2.32. The van der Waals surface area contributed by atoms with E-state index in [0.717, 1.165) is 17.7 Å². The summed E-state index contributed by atoms with van der Waals surface area (Å²) in [5.74, 6) is -0.787. The van der Waals surface area contributed by atoms with Crippen molar-refractivity contribution in [2.45, 2.75) is 25.9 Å². The molecule has 0 radical (unpaired) electrons. The minimum atomic E-state index is -4.76. The molecule has 0 amide bonds. The van der Waals surface area contributed by atoms with Gasteiger partial charge in [-0.15, -0.1) is 13.2 Å². The van der Waals surface area contributed by atoms with Crippen molar-refractivity contribution < 1.29 is 26.7 Å². The molecule has 1 aliphatic heterocycles. The van der Waals surface area contributed by atoms with E-state index in [9.17, 15) is 22.0 Å². The summed E-state index contributed by atoms with van der Waals surface area (Å²) in [5.41, 5.74) is 7.85. The number of benzene rings is 3. The molecule has 1 atom stereocenters. The van der Waals surface area contributed by atoms with Crippen LogP contribution in [0.3, 0.4) is 0 Å². The molecule has 7 nitrogen and oxygen atoms in total. The van der Waals surface area contributed by atoms with Gasteiger partial charge in [0.05, 0.1) is 12.2 Å². The van der Waals surface area contributed by atoms with Crippen LogP contribution in [0.15, 0.2) is 81.8 Å². The van der Waals surface area contributed by atoms with Gasteiger partial charge >= 0.3 is 6.36 Å². The third-order valence-electron chi connectivity index (χ3n) is 5.67. The van der Waals surface area contributed by atoms with Crippen molar-refractivity contribution in [3.8, 4) is 5.75 Å². The highest BCUT2D eigenvalue weighted by Crippen LogP contribution is 2.34. The largest absolute Gasteiger partial charge is 0.573 e. The van der Waals surface area contributed by atoms with Crippen LogP contribution in [0.5, 0.6) is 5.75 Å². The van der Waals surface area contributed by atoms with E-state index in [2.05, 4.69) is 19.8 Å². The molecular formula is C27H25F5N6OS. The van der Waals surface area contributed by atoms with Crippen LogP contribution in [0.2, 0.25) is 0 Å². The average molecular weight is 577 g/mol. The molecule has 4 rings (SSSR count). The molecule has 0 bridgehead atoms. The predicted molar refractivity (Wildman–Crippen MR) is 148 cm³/mol. The summed E-state index contributed by atoms with van der Waals surface area (Å²) >= 11 is 1.43. The van der Waals surface area contributed by atoms with Crippen LogP contribution in [-0.2, 0) is 6.54 Å². The molecule has 1 saturated heterocycles. The normalized spacial score (nSPS) is 17.2. The molecule has 3 aromatic rings. The van der Waals surface area contributed by atoms with Crippen LogP contribution >= 0.6 is 11.8 Å². The molecule has 2 N–H and O–H groups in total. The van der Waals surface area contributed by atoms with E-state index in [1.54, 1.807) is 29.1 Å². The summed E-state index contributed by atoms with van der Waals surface area (Å²) in [5, 5.41) is 6.79. The van der Waals surface area contributed by atoms with Crippen LogP contribution in [-0.4, -0.2) is 47.6 Å². The first-order chi connectivity index (χ1) is 19.0. The molecule has 13 heteroatoms. The third kappa shape index (κ3) is 7.50. The molecule has 1 aliphatic rings. The highest BCUT2D eigenvalue weighted by molar-refractivity contribution is 8.14. The number of ether oxygens (including phenoxy) is 1. The number of hydrazone groups is 1. The van der Waals surface area contributed by atoms with E-state index < -0.39 is 18.0 Å². The molecule has 0 aliphatic carbocycles. The maximum atomic E-state index is 14.4. The van der Waals surface area contributed by atoms with E-state index in [1.165, 1.54) is 48.4 Å². The van der Waals surface area contributed by atoms with E-state index in [-0.39, 0.29) is 23.3 Å². The molecule has 0 aromatic heterocycles. The minimum Gasteiger partial charge on any atom is -0.406 e. The van der Waals surface area contributed by atoms with Crippen molar-refractivity contribution in [1.82, 2.24) is 5.01 Å². The molecule has 40 heavy (non-hydrogen) atoms. The number of aliphatic imine (C=N–C) groups is 2. The van der Waals surface area contributed by atoms with E-state index >= 15 is 0 Å².